The Labute approximate surface area is 130 Å². The second-order valence-electron chi connectivity index (χ2n) is 3.72. The van der Waals surface area contributed by atoms with Gasteiger partial charge in [0, 0.05) is 5.02 Å². The highest BCUT2D eigenvalue weighted by Crippen LogP contribution is 2.16. The van der Waals surface area contributed by atoms with E-state index in [4.69, 9.17) is 34.8 Å². The molecule has 0 spiro atoms. The monoisotopic (exact) mass is 327 g/mol. The van der Waals surface area contributed by atoms with Crippen molar-refractivity contribution in [2.75, 3.05) is 0 Å². The van der Waals surface area contributed by atoms with Crippen LogP contribution in [0.2, 0.25) is 15.2 Å². The van der Waals surface area contributed by atoms with Gasteiger partial charge < -0.3 is 0 Å². The molecule has 1 aromatic carbocycles. The molecule has 1 heterocycles. The summed E-state index contributed by atoms with van der Waals surface area (Å²) < 4.78 is 0. The summed E-state index contributed by atoms with van der Waals surface area (Å²) in [5, 5.41) is 4.82. The lowest BCUT2D eigenvalue weighted by Crippen LogP contribution is -2.19. The first kappa shape index (κ1) is 14.8. The molecule has 0 radical (unpaired) electrons. The normalized spacial score (nSPS) is 10.8. The van der Waals surface area contributed by atoms with E-state index in [-0.39, 0.29) is 15.9 Å². The SMILES string of the molecule is O=C(N/N=C/c1ccc(Cl)cc1)c1nc(Cl)ccc1Cl. The van der Waals surface area contributed by atoms with Crippen molar-refractivity contribution in [2.24, 2.45) is 5.10 Å². The molecule has 1 N–H and O–H groups in total. The highest BCUT2D eigenvalue weighted by Gasteiger charge is 2.11. The number of amides is 1. The molecule has 0 bridgehead atoms. The van der Waals surface area contributed by atoms with E-state index >= 15 is 0 Å². The van der Waals surface area contributed by atoms with Crippen molar-refractivity contribution in [1.29, 1.82) is 0 Å². The third kappa shape index (κ3) is 3.93. The second-order valence-corrected chi connectivity index (χ2v) is 4.95. The lowest BCUT2D eigenvalue weighted by molar-refractivity contribution is 0.0950. The number of aromatic nitrogens is 1. The van der Waals surface area contributed by atoms with E-state index < -0.39 is 5.91 Å². The van der Waals surface area contributed by atoms with E-state index in [1.807, 2.05) is 0 Å². The molecule has 20 heavy (non-hydrogen) atoms. The van der Waals surface area contributed by atoms with Gasteiger partial charge in [-0.1, -0.05) is 46.9 Å². The van der Waals surface area contributed by atoms with Gasteiger partial charge in [-0.15, -0.1) is 0 Å². The van der Waals surface area contributed by atoms with Crippen LogP contribution in [0.25, 0.3) is 0 Å². The Morgan fingerprint density at radius 3 is 2.50 bits per heavy atom. The molecule has 0 aliphatic rings. The van der Waals surface area contributed by atoms with Crippen molar-refractivity contribution >= 4 is 46.9 Å². The van der Waals surface area contributed by atoms with E-state index in [0.29, 0.717) is 5.02 Å². The van der Waals surface area contributed by atoms with Gasteiger partial charge >= 0.3 is 0 Å². The van der Waals surface area contributed by atoms with Gasteiger partial charge in [0.15, 0.2) is 0 Å². The van der Waals surface area contributed by atoms with E-state index in [9.17, 15) is 4.79 Å². The molecule has 0 atom stereocenters. The van der Waals surface area contributed by atoms with Crippen molar-refractivity contribution < 1.29 is 4.79 Å². The van der Waals surface area contributed by atoms with Crippen LogP contribution in [0.3, 0.4) is 0 Å². The maximum absolute atomic E-state index is 11.8. The van der Waals surface area contributed by atoms with Crippen LogP contribution in [-0.2, 0) is 0 Å². The first-order valence-corrected chi connectivity index (χ1v) is 6.60. The van der Waals surface area contributed by atoms with Crippen molar-refractivity contribution in [3.05, 3.63) is 62.9 Å². The highest BCUT2D eigenvalue weighted by atomic mass is 35.5. The van der Waals surface area contributed by atoms with Crippen LogP contribution in [-0.4, -0.2) is 17.1 Å². The van der Waals surface area contributed by atoms with Crippen LogP contribution in [0.5, 0.6) is 0 Å². The van der Waals surface area contributed by atoms with E-state index in [0.717, 1.165) is 5.56 Å². The molecule has 0 saturated heterocycles. The molecule has 2 aromatic rings. The molecule has 2 rings (SSSR count). The third-order valence-corrected chi connectivity index (χ3v) is 3.04. The van der Waals surface area contributed by atoms with Gasteiger partial charge in [0.25, 0.3) is 5.91 Å². The summed E-state index contributed by atoms with van der Waals surface area (Å²) in [6.07, 6.45) is 1.48. The Morgan fingerprint density at radius 1 is 1.10 bits per heavy atom. The van der Waals surface area contributed by atoms with Gasteiger partial charge in [-0.2, -0.15) is 5.10 Å². The number of hydrogen-bond acceptors (Lipinski definition) is 3. The molecule has 7 heteroatoms. The predicted octanol–water partition coefficient (Wildman–Crippen LogP) is 3.81. The van der Waals surface area contributed by atoms with Crippen LogP contribution < -0.4 is 5.43 Å². The van der Waals surface area contributed by atoms with Crippen molar-refractivity contribution in [1.82, 2.24) is 10.4 Å². The Kier molecular flexibility index (Phi) is 4.95. The second kappa shape index (κ2) is 6.70. The number of nitrogens with zero attached hydrogens (tertiary/aromatic N) is 2. The molecule has 0 aliphatic carbocycles. The van der Waals surface area contributed by atoms with Gasteiger partial charge in [0.05, 0.1) is 11.2 Å². The number of carbonyl (C=O) groups is 1. The summed E-state index contributed by atoms with van der Waals surface area (Å²) >= 11 is 17.3. The van der Waals surface area contributed by atoms with Crippen molar-refractivity contribution in [3.63, 3.8) is 0 Å². The highest BCUT2D eigenvalue weighted by molar-refractivity contribution is 6.34. The maximum Gasteiger partial charge on any atom is 0.291 e. The molecule has 1 amide bonds. The summed E-state index contributed by atoms with van der Waals surface area (Å²) in [5.41, 5.74) is 3.13. The lowest BCUT2D eigenvalue weighted by Gasteiger charge is -2.01. The first-order chi connectivity index (χ1) is 9.56. The quantitative estimate of drug-likeness (QED) is 0.529. The van der Waals surface area contributed by atoms with Gasteiger partial charge in [0.2, 0.25) is 0 Å². The minimum absolute atomic E-state index is 0.0208. The zero-order valence-electron chi connectivity index (χ0n) is 9.98. The number of carbonyl (C=O) groups excluding carboxylic acids is 1. The molecule has 1 aromatic heterocycles. The fraction of sp³-hybridized carbons (Fsp3) is 0. The molecule has 0 unspecified atom stereocenters. The Balaban J connectivity index is 2.05. The van der Waals surface area contributed by atoms with Crippen LogP contribution in [0.1, 0.15) is 16.1 Å². The van der Waals surface area contributed by atoms with E-state index in [2.05, 4.69) is 15.5 Å². The summed E-state index contributed by atoms with van der Waals surface area (Å²) in [4.78, 5) is 15.7. The van der Waals surface area contributed by atoms with Gasteiger partial charge in [-0.25, -0.2) is 10.4 Å². The summed E-state index contributed by atoms with van der Waals surface area (Å²) in [6, 6.07) is 9.97. The van der Waals surface area contributed by atoms with Crippen molar-refractivity contribution in [2.45, 2.75) is 0 Å². The number of halogens is 3. The average Bonchev–Trinajstić information content (AvgIpc) is 2.43. The largest absolute Gasteiger partial charge is 0.291 e. The lowest BCUT2D eigenvalue weighted by atomic mass is 10.2. The molecule has 0 fully saturated rings. The summed E-state index contributed by atoms with van der Waals surface area (Å²) in [7, 11) is 0. The predicted molar refractivity (Wildman–Crippen MR) is 80.8 cm³/mol. The van der Waals surface area contributed by atoms with Crippen LogP contribution >= 0.6 is 34.8 Å². The number of hydrazone groups is 1. The van der Waals surface area contributed by atoms with Crippen LogP contribution in [0.4, 0.5) is 0 Å². The number of benzene rings is 1. The minimum Gasteiger partial charge on any atom is -0.265 e. The Morgan fingerprint density at radius 2 is 1.80 bits per heavy atom. The first-order valence-electron chi connectivity index (χ1n) is 5.47. The molecule has 0 saturated carbocycles. The molecule has 102 valence electrons. The fourth-order valence-corrected chi connectivity index (χ4v) is 1.81. The molecular weight excluding hydrogens is 321 g/mol. The van der Waals surface area contributed by atoms with Crippen LogP contribution in [0, 0.1) is 0 Å². The van der Waals surface area contributed by atoms with Gasteiger partial charge in [0.1, 0.15) is 10.8 Å². The minimum atomic E-state index is -0.539. The molecule has 0 aliphatic heterocycles. The zero-order valence-corrected chi connectivity index (χ0v) is 12.2. The van der Waals surface area contributed by atoms with Gasteiger partial charge in [-0.05, 0) is 29.8 Å². The fourth-order valence-electron chi connectivity index (χ4n) is 1.34. The Bertz CT molecular complexity index is 656. The average molecular weight is 329 g/mol. The maximum atomic E-state index is 11.8. The van der Waals surface area contributed by atoms with E-state index in [1.54, 1.807) is 24.3 Å². The number of rotatable bonds is 3. The number of pyridine rings is 1. The smallest absolute Gasteiger partial charge is 0.265 e. The topological polar surface area (TPSA) is 54.4 Å². The number of hydrogen-bond donors (Lipinski definition) is 1. The summed E-state index contributed by atoms with van der Waals surface area (Å²) in [6.45, 7) is 0. The molecular formula is C13H8Cl3N3O. The Hall–Kier alpha value is -1.62. The summed E-state index contributed by atoms with van der Waals surface area (Å²) in [5.74, 6) is -0.539. The number of nitrogens with one attached hydrogen (secondary N) is 1. The van der Waals surface area contributed by atoms with Crippen molar-refractivity contribution in [3.8, 4) is 0 Å². The zero-order chi connectivity index (χ0) is 14.5. The third-order valence-electron chi connectivity index (χ3n) is 2.28. The van der Waals surface area contributed by atoms with Gasteiger partial charge in [-0.3, -0.25) is 4.79 Å². The standard InChI is InChI=1S/C13H8Cl3N3O/c14-9-3-1-8(2-4-9)7-17-19-13(20)12-10(15)5-6-11(16)18-12/h1-7H,(H,19,20)/b17-7+. The van der Waals surface area contributed by atoms with Crippen LogP contribution in [0.15, 0.2) is 41.5 Å². The van der Waals surface area contributed by atoms with E-state index in [1.165, 1.54) is 18.3 Å². The molecule has 4 nitrogen and oxygen atoms in total.